The topological polar surface area (TPSA) is 38.3 Å². The normalized spacial score (nSPS) is 12.0. The fourth-order valence-electron chi connectivity index (χ4n) is 2.00. The van der Waals surface area contributed by atoms with Gasteiger partial charge in [0.15, 0.2) is 6.10 Å². The van der Waals surface area contributed by atoms with Crippen molar-refractivity contribution in [1.29, 1.82) is 0 Å². The summed E-state index contributed by atoms with van der Waals surface area (Å²) in [6, 6.07) is 14.8. The van der Waals surface area contributed by atoms with E-state index in [-0.39, 0.29) is 5.91 Å². The number of hydrogen-bond acceptors (Lipinski definition) is 2. The second-order valence-electron chi connectivity index (χ2n) is 5.48. The zero-order chi connectivity index (χ0) is 16.1. The van der Waals surface area contributed by atoms with Crippen LogP contribution in [0.3, 0.4) is 0 Å². The van der Waals surface area contributed by atoms with Gasteiger partial charge in [-0.1, -0.05) is 43.6 Å². The predicted molar refractivity (Wildman–Crippen MR) is 90.7 cm³/mol. The number of carbonyl (C=O) groups excluding carboxylic acids is 1. The van der Waals surface area contributed by atoms with E-state index in [4.69, 9.17) is 16.3 Å². The molecule has 0 saturated carbocycles. The summed E-state index contributed by atoms with van der Waals surface area (Å²) in [6.45, 7) is 5.99. The predicted octanol–water partition coefficient (Wildman–Crippen LogP) is 4.87. The van der Waals surface area contributed by atoms with Gasteiger partial charge in [-0.2, -0.15) is 0 Å². The van der Waals surface area contributed by atoms with Crippen LogP contribution in [0.15, 0.2) is 48.5 Å². The lowest BCUT2D eigenvalue weighted by molar-refractivity contribution is -0.122. The molecule has 0 radical (unpaired) electrons. The number of halogens is 1. The van der Waals surface area contributed by atoms with Crippen LogP contribution in [0.5, 0.6) is 5.75 Å². The van der Waals surface area contributed by atoms with Gasteiger partial charge < -0.3 is 10.1 Å². The number of rotatable bonds is 5. The minimum absolute atomic E-state index is 0.213. The lowest BCUT2D eigenvalue weighted by Crippen LogP contribution is -2.30. The lowest BCUT2D eigenvalue weighted by Gasteiger charge is -2.15. The molecule has 0 heterocycles. The van der Waals surface area contributed by atoms with Gasteiger partial charge in [0.2, 0.25) is 0 Å². The second-order valence-corrected chi connectivity index (χ2v) is 5.92. The summed E-state index contributed by atoms with van der Waals surface area (Å²) in [5, 5.41) is 3.36. The number of ether oxygens (including phenoxy) is 1. The van der Waals surface area contributed by atoms with Gasteiger partial charge in [-0.05, 0) is 48.7 Å². The van der Waals surface area contributed by atoms with Crippen molar-refractivity contribution in [3.63, 3.8) is 0 Å². The van der Waals surface area contributed by atoms with Crippen molar-refractivity contribution in [3.05, 3.63) is 59.1 Å². The fraction of sp³-hybridized carbons (Fsp3) is 0.278. The van der Waals surface area contributed by atoms with Gasteiger partial charge in [0.1, 0.15) is 5.75 Å². The molecule has 2 aromatic carbocycles. The number of anilines is 1. The summed E-state index contributed by atoms with van der Waals surface area (Å²) in [4.78, 5) is 12.1. The van der Waals surface area contributed by atoms with Crippen molar-refractivity contribution in [2.75, 3.05) is 5.32 Å². The van der Waals surface area contributed by atoms with Crippen LogP contribution in [0.2, 0.25) is 5.02 Å². The Balaban J connectivity index is 1.96. The average molecular weight is 318 g/mol. The van der Waals surface area contributed by atoms with Crippen molar-refractivity contribution in [2.24, 2.45) is 0 Å². The van der Waals surface area contributed by atoms with Crippen LogP contribution in [0, 0.1) is 0 Å². The van der Waals surface area contributed by atoms with Crippen molar-refractivity contribution < 1.29 is 9.53 Å². The number of carbonyl (C=O) groups is 1. The van der Waals surface area contributed by atoms with Gasteiger partial charge in [-0.15, -0.1) is 0 Å². The van der Waals surface area contributed by atoms with Gasteiger partial charge in [0.05, 0.1) is 0 Å². The summed E-state index contributed by atoms with van der Waals surface area (Å²) in [5.74, 6) is 0.936. The maximum absolute atomic E-state index is 12.1. The average Bonchev–Trinajstić information content (AvgIpc) is 2.47. The molecule has 2 rings (SSSR count). The van der Waals surface area contributed by atoms with Crippen LogP contribution in [0.4, 0.5) is 5.69 Å². The molecule has 4 heteroatoms. The monoisotopic (exact) mass is 317 g/mol. The van der Waals surface area contributed by atoms with Crippen LogP contribution in [-0.2, 0) is 4.79 Å². The lowest BCUT2D eigenvalue weighted by atomic mass is 10.0. The third-order valence-corrected chi connectivity index (χ3v) is 3.56. The quantitative estimate of drug-likeness (QED) is 0.854. The highest BCUT2D eigenvalue weighted by atomic mass is 35.5. The molecule has 116 valence electrons. The Morgan fingerprint density at radius 1 is 1.09 bits per heavy atom. The molecule has 1 atom stereocenters. The first-order chi connectivity index (χ1) is 10.5. The smallest absolute Gasteiger partial charge is 0.265 e. The van der Waals surface area contributed by atoms with E-state index in [1.807, 2.05) is 24.3 Å². The highest BCUT2D eigenvalue weighted by Crippen LogP contribution is 2.20. The second kappa shape index (κ2) is 7.32. The molecular formula is C18H20ClNO2. The summed E-state index contributed by atoms with van der Waals surface area (Å²) in [6.07, 6.45) is -0.594. The van der Waals surface area contributed by atoms with Crippen LogP contribution in [0.1, 0.15) is 32.3 Å². The molecular weight excluding hydrogens is 298 g/mol. The molecule has 0 bridgehead atoms. The minimum Gasteiger partial charge on any atom is -0.481 e. The Labute approximate surface area is 136 Å². The number of nitrogens with one attached hydrogen (secondary N) is 1. The van der Waals surface area contributed by atoms with Gasteiger partial charge in [-0.3, -0.25) is 4.79 Å². The van der Waals surface area contributed by atoms with Gasteiger partial charge in [0.25, 0.3) is 5.91 Å². The van der Waals surface area contributed by atoms with Crippen LogP contribution >= 0.6 is 11.6 Å². The summed E-state index contributed by atoms with van der Waals surface area (Å²) in [7, 11) is 0. The molecule has 0 aliphatic rings. The molecule has 0 fully saturated rings. The van der Waals surface area contributed by atoms with E-state index in [0.29, 0.717) is 22.4 Å². The minimum atomic E-state index is -0.594. The molecule has 0 saturated heterocycles. The summed E-state index contributed by atoms with van der Waals surface area (Å²) < 4.78 is 5.67. The zero-order valence-corrected chi connectivity index (χ0v) is 13.7. The Morgan fingerprint density at radius 2 is 1.77 bits per heavy atom. The number of amides is 1. The molecule has 22 heavy (non-hydrogen) atoms. The third-order valence-electron chi connectivity index (χ3n) is 3.32. The van der Waals surface area contributed by atoms with E-state index in [9.17, 15) is 4.79 Å². The van der Waals surface area contributed by atoms with E-state index in [2.05, 4.69) is 19.2 Å². The highest BCUT2D eigenvalue weighted by molar-refractivity contribution is 6.30. The van der Waals surface area contributed by atoms with Crippen molar-refractivity contribution in [2.45, 2.75) is 32.8 Å². The number of hydrogen-bond donors (Lipinski definition) is 1. The summed E-state index contributed by atoms with van der Waals surface area (Å²) in [5.41, 5.74) is 1.89. The van der Waals surface area contributed by atoms with E-state index < -0.39 is 6.10 Å². The fourth-order valence-corrected chi connectivity index (χ4v) is 2.19. The van der Waals surface area contributed by atoms with Gasteiger partial charge in [-0.25, -0.2) is 0 Å². The maximum atomic E-state index is 12.1. The van der Waals surface area contributed by atoms with Crippen LogP contribution in [-0.4, -0.2) is 12.0 Å². The van der Waals surface area contributed by atoms with E-state index in [1.165, 1.54) is 5.56 Å². The molecule has 2 aromatic rings. The molecule has 1 unspecified atom stereocenters. The Kier molecular flexibility index (Phi) is 5.45. The third kappa shape index (κ3) is 4.50. The first-order valence-electron chi connectivity index (χ1n) is 7.29. The Morgan fingerprint density at radius 3 is 2.36 bits per heavy atom. The molecule has 0 aliphatic carbocycles. The van der Waals surface area contributed by atoms with E-state index in [0.717, 1.165) is 0 Å². The zero-order valence-electron chi connectivity index (χ0n) is 13.0. The standard InChI is InChI=1S/C18H20ClNO2/c1-12(2)14-7-9-17(10-8-14)22-13(3)18(21)20-16-6-4-5-15(19)11-16/h4-13H,1-3H3,(H,20,21). The maximum Gasteiger partial charge on any atom is 0.265 e. The van der Waals surface area contributed by atoms with Gasteiger partial charge in [0, 0.05) is 10.7 Å². The van der Waals surface area contributed by atoms with E-state index in [1.54, 1.807) is 31.2 Å². The van der Waals surface area contributed by atoms with Crippen molar-refractivity contribution >= 4 is 23.2 Å². The molecule has 0 aromatic heterocycles. The molecule has 3 nitrogen and oxygen atoms in total. The van der Waals surface area contributed by atoms with Crippen LogP contribution < -0.4 is 10.1 Å². The largest absolute Gasteiger partial charge is 0.481 e. The molecule has 1 N–H and O–H groups in total. The highest BCUT2D eigenvalue weighted by Gasteiger charge is 2.15. The molecule has 1 amide bonds. The molecule has 0 aliphatic heterocycles. The van der Waals surface area contributed by atoms with Crippen LogP contribution in [0.25, 0.3) is 0 Å². The van der Waals surface area contributed by atoms with Gasteiger partial charge >= 0.3 is 0 Å². The first-order valence-corrected chi connectivity index (χ1v) is 7.66. The Hall–Kier alpha value is -2.00. The number of benzene rings is 2. The summed E-state index contributed by atoms with van der Waals surface area (Å²) >= 11 is 5.90. The first kappa shape index (κ1) is 16.4. The van der Waals surface area contributed by atoms with Crippen molar-refractivity contribution in [1.82, 2.24) is 0 Å². The SMILES string of the molecule is CC(Oc1ccc(C(C)C)cc1)C(=O)Nc1cccc(Cl)c1. The van der Waals surface area contributed by atoms with E-state index >= 15 is 0 Å². The molecule has 0 spiro atoms. The van der Waals surface area contributed by atoms with Crippen molar-refractivity contribution in [3.8, 4) is 5.75 Å². The Bertz CT molecular complexity index is 638.